The minimum absolute atomic E-state index is 0.0337. The van der Waals surface area contributed by atoms with E-state index in [0.717, 1.165) is 35.6 Å². The standard InChI is InChI=1S/C21H14F6N2O4S/c22-20(23,24)11-4-1-3-10(9-11)12-6-7-13(33-12)16-15(17(30)14-5-2-8-34-14)19(32,21(25,26)27)29-18(31)28-16/h1-9,15-16,32H,(H2,28,29,31)/t15-,16+,19-/m0/s1. The summed E-state index contributed by atoms with van der Waals surface area (Å²) in [6, 6.07) is 5.82. The molecule has 2 aromatic heterocycles. The molecule has 0 aliphatic carbocycles. The molecule has 6 nitrogen and oxygen atoms in total. The molecular weight excluding hydrogens is 490 g/mol. The molecular formula is C21H14F6N2O4S. The number of hydrogen-bond donors (Lipinski definition) is 3. The predicted octanol–water partition coefficient (Wildman–Crippen LogP) is 5.13. The number of furan rings is 1. The second-order valence-corrected chi connectivity index (χ2v) is 8.39. The largest absolute Gasteiger partial charge is 0.459 e. The molecule has 2 amide bonds. The van der Waals surface area contributed by atoms with Gasteiger partial charge in [-0.2, -0.15) is 26.3 Å². The van der Waals surface area contributed by atoms with Crippen LogP contribution in [0.1, 0.15) is 27.0 Å². The lowest BCUT2D eigenvalue weighted by Crippen LogP contribution is -2.72. The molecule has 34 heavy (non-hydrogen) atoms. The Morgan fingerprint density at radius 3 is 2.41 bits per heavy atom. The van der Waals surface area contributed by atoms with E-state index in [9.17, 15) is 41.0 Å². The summed E-state index contributed by atoms with van der Waals surface area (Å²) in [6.07, 6.45) is -10.1. The van der Waals surface area contributed by atoms with Crippen molar-refractivity contribution in [1.29, 1.82) is 0 Å². The van der Waals surface area contributed by atoms with Gasteiger partial charge < -0.3 is 20.2 Å². The lowest BCUT2D eigenvalue weighted by Gasteiger charge is -2.44. The molecule has 0 radical (unpaired) electrons. The first-order valence-electron chi connectivity index (χ1n) is 9.54. The highest BCUT2D eigenvalue weighted by Crippen LogP contribution is 2.45. The lowest BCUT2D eigenvalue weighted by molar-refractivity contribution is -0.287. The number of ketones is 1. The van der Waals surface area contributed by atoms with E-state index in [1.54, 1.807) is 0 Å². The van der Waals surface area contributed by atoms with E-state index in [0.29, 0.717) is 0 Å². The molecule has 3 atom stereocenters. The summed E-state index contributed by atoms with van der Waals surface area (Å²) in [5.74, 6) is -3.93. The minimum Gasteiger partial charge on any atom is -0.459 e. The van der Waals surface area contributed by atoms with Crippen LogP contribution in [0, 0.1) is 5.92 Å². The number of alkyl halides is 6. The molecule has 180 valence electrons. The van der Waals surface area contributed by atoms with Crippen molar-refractivity contribution in [3.63, 3.8) is 0 Å². The van der Waals surface area contributed by atoms with Gasteiger partial charge in [0, 0.05) is 5.56 Å². The van der Waals surface area contributed by atoms with Gasteiger partial charge in [-0.1, -0.05) is 18.2 Å². The topological polar surface area (TPSA) is 91.6 Å². The Kier molecular flexibility index (Phi) is 5.72. The van der Waals surface area contributed by atoms with E-state index in [4.69, 9.17) is 4.42 Å². The summed E-state index contributed by atoms with van der Waals surface area (Å²) in [4.78, 5) is 25.0. The Balaban J connectivity index is 1.78. The van der Waals surface area contributed by atoms with Gasteiger partial charge in [0.1, 0.15) is 23.5 Å². The fraction of sp³-hybridized carbons (Fsp3) is 0.238. The first-order chi connectivity index (χ1) is 15.8. The number of amides is 2. The van der Waals surface area contributed by atoms with Crippen LogP contribution in [0.3, 0.4) is 0 Å². The molecule has 0 saturated carbocycles. The van der Waals surface area contributed by atoms with Crippen molar-refractivity contribution >= 4 is 23.2 Å². The molecule has 1 aliphatic heterocycles. The molecule has 0 spiro atoms. The van der Waals surface area contributed by atoms with Crippen molar-refractivity contribution in [2.24, 2.45) is 5.92 Å². The van der Waals surface area contributed by atoms with Gasteiger partial charge >= 0.3 is 18.4 Å². The smallest absolute Gasteiger partial charge is 0.437 e. The Morgan fingerprint density at radius 2 is 1.79 bits per heavy atom. The zero-order valence-corrected chi connectivity index (χ0v) is 17.5. The third-order valence-corrected chi connectivity index (χ3v) is 6.14. The molecule has 3 heterocycles. The van der Waals surface area contributed by atoms with Crippen molar-refractivity contribution in [3.05, 3.63) is 70.1 Å². The zero-order valence-electron chi connectivity index (χ0n) is 16.7. The number of halogens is 6. The number of carbonyl (C=O) groups is 2. The number of benzene rings is 1. The third kappa shape index (κ3) is 4.16. The summed E-state index contributed by atoms with van der Waals surface area (Å²) in [5, 5.41) is 15.5. The number of rotatable bonds is 4. The second-order valence-electron chi connectivity index (χ2n) is 7.44. The van der Waals surface area contributed by atoms with Gasteiger partial charge in [0.05, 0.1) is 10.4 Å². The molecule has 0 unspecified atom stereocenters. The van der Waals surface area contributed by atoms with Crippen LogP contribution in [0.2, 0.25) is 0 Å². The molecule has 0 bridgehead atoms. The van der Waals surface area contributed by atoms with E-state index in [1.165, 1.54) is 35.0 Å². The summed E-state index contributed by atoms with van der Waals surface area (Å²) in [7, 11) is 0. The Bertz CT molecular complexity index is 1220. The van der Waals surface area contributed by atoms with Crippen LogP contribution in [0.25, 0.3) is 11.3 Å². The van der Waals surface area contributed by atoms with Crippen molar-refractivity contribution < 1.29 is 45.5 Å². The molecule has 4 rings (SSSR count). The third-order valence-electron chi connectivity index (χ3n) is 5.26. The van der Waals surface area contributed by atoms with Crippen molar-refractivity contribution in [2.45, 2.75) is 24.1 Å². The lowest BCUT2D eigenvalue weighted by atomic mass is 9.80. The predicted molar refractivity (Wildman–Crippen MR) is 107 cm³/mol. The molecule has 1 fully saturated rings. The highest BCUT2D eigenvalue weighted by molar-refractivity contribution is 7.12. The van der Waals surface area contributed by atoms with Gasteiger partial charge in [0.25, 0.3) is 0 Å². The Hall–Kier alpha value is -3.32. The quantitative estimate of drug-likeness (QED) is 0.339. The van der Waals surface area contributed by atoms with Gasteiger partial charge in [-0.05, 0) is 35.7 Å². The van der Waals surface area contributed by atoms with E-state index < -0.39 is 47.4 Å². The van der Waals surface area contributed by atoms with Crippen LogP contribution < -0.4 is 10.6 Å². The van der Waals surface area contributed by atoms with Crippen LogP contribution in [0.4, 0.5) is 31.1 Å². The van der Waals surface area contributed by atoms with Crippen LogP contribution >= 0.6 is 11.3 Å². The molecule has 1 saturated heterocycles. The maximum atomic E-state index is 13.9. The summed E-state index contributed by atoms with van der Waals surface area (Å²) in [6.45, 7) is 0. The minimum atomic E-state index is -5.45. The van der Waals surface area contributed by atoms with Crippen LogP contribution in [-0.4, -0.2) is 28.8 Å². The van der Waals surface area contributed by atoms with E-state index >= 15 is 0 Å². The van der Waals surface area contributed by atoms with Gasteiger partial charge in [0.15, 0.2) is 5.78 Å². The van der Waals surface area contributed by atoms with Crippen LogP contribution in [0.15, 0.2) is 58.3 Å². The normalized spacial score (nSPS) is 23.3. The number of urea groups is 1. The maximum Gasteiger partial charge on any atom is 0.437 e. The number of hydrogen-bond acceptors (Lipinski definition) is 5. The zero-order chi connectivity index (χ0) is 24.9. The number of nitrogens with one attached hydrogen (secondary N) is 2. The van der Waals surface area contributed by atoms with Gasteiger partial charge in [-0.3, -0.25) is 4.79 Å². The van der Waals surface area contributed by atoms with Crippen LogP contribution in [0.5, 0.6) is 0 Å². The SMILES string of the molecule is O=C1N[C@H](c2ccc(-c3cccc(C(F)(F)F)c3)o2)[C@@H](C(=O)c2cccs2)[C@](O)(C(F)(F)F)N1. The fourth-order valence-corrected chi connectivity index (χ4v) is 4.38. The highest BCUT2D eigenvalue weighted by Gasteiger charge is 2.67. The summed E-state index contributed by atoms with van der Waals surface area (Å²) in [5.41, 5.74) is -4.95. The molecule has 3 N–H and O–H groups in total. The van der Waals surface area contributed by atoms with Crippen molar-refractivity contribution in [2.75, 3.05) is 0 Å². The number of thiophene rings is 1. The van der Waals surface area contributed by atoms with Crippen molar-refractivity contribution in [1.82, 2.24) is 10.6 Å². The first-order valence-corrected chi connectivity index (χ1v) is 10.4. The Morgan fingerprint density at radius 1 is 1.06 bits per heavy atom. The van der Waals surface area contributed by atoms with Crippen LogP contribution in [-0.2, 0) is 6.18 Å². The van der Waals surface area contributed by atoms with Crippen molar-refractivity contribution in [3.8, 4) is 11.3 Å². The number of aliphatic hydroxyl groups is 1. The monoisotopic (exact) mass is 504 g/mol. The fourth-order valence-electron chi connectivity index (χ4n) is 3.67. The van der Waals surface area contributed by atoms with Gasteiger partial charge in [-0.15, -0.1) is 11.3 Å². The average molecular weight is 504 g/mol. The molecule has 1 aromatic carbocycles. The Labute approximate surface area is 191 Å². The van der Waals surface area contributed by atoms with E-state index in [-0.39, 0.29) is 22.0 Å². The molecule has 1 aliphatic rings. The van der Waals surface area contributed by atoms with E-state index in [1.807, 2.05) is 0 Å². The maximum absolute atomic E-state index is 13.9. The second kappa shape index (κ2) is 8.17. The summed E-state index contributed by atoms with van der Waals surface area (Å²) >= 11 is 0.834. The highest BCUT2D eigenvalue weighted by atomic mass is 32.1. The van der Waals surface area contributed by atoms with E-state index in [2.05, 4.69) is 5.32 Å². The average Bonchev–Trinajstić information content (AvgIpc) is 3.44. The number of carbonyl (C=O) groups excluding carboxylic acids is 2. The molecule has 3 aromatic rings. The number of Topliss-reactive ketones (excluding diaryl/α,β-unsaturated/α-hetero) is 1. The summed E-state index contributed by atoms with van der Waals surface area (Å²) < 4.78 is 86.3. The first kappa shape index (κ1) is 23.8. The van der Waals surface area contributed by atoms with Gasteiger partial charge in [-0.25, -0.2) is 4.79 Å². The molecule has 13 heteroatoms. The van der Waals surface area contributed by atoms with Gasteiger partial charge in [0.2, 0.25) is 5.72 Å².